The zero-order chi connectivity index (χ0) is 25.2. The number of nitrogens with zero attached hydrogens (tertiary/aromatic N) is 1. The molecule has 1 fully saturated rings. The van der Waals surface area contributed by atoms with E-state index >= 15 is 0 Å². The Kier molecular flexibility index (Phi) is 5.07. The van der Waals surface area contributed by atoms with Crippen molar-refractivity contribution in [3.63, 3.8) is 0 Å². The second kappa shape index (κ2) is 7.97. The summed E-state index contributed by atoms with van der Waals surface area (Å²) in [7, 11) is 2.95. The van der Waals surface area contributed by atoms with Gasteiger partial charge in [-0.15, -0.1) is 0 Å². The number of fused-ring (bicyclic) bond motifs is 6. The van der Waals surface area contributed by atoms with Crippen LogP contribution in [0.25, 0.3) is 0 Å². The zero-order valence-electron chi connectivity index (χ0n) is 20.5. The standard InChI is InChI=1S/C27H27NO8/c1-26(2)35-19-9-10-27(25(30)32-4)18-12-21-20(33-14-34-21)11-17(18)24(29)28(23(27)22(19)36-26)13-15-5-7-16(31-3)8-6-15/h5-12,19,22-23H,13-14H2,1-4H3/t19-,22-,23+,27+/m1/s1. The zero-order valence-corrected chi connectivity index (χ0v) is 20.5. The van der Waals surface area contributed by atoms with Crippen molar-refractivity contribution in [1.29, 1.82) is 0 Å². The van der Waals surface area contributed by atoms with Gasteiger partial charge in [0.2, 0.25) is 6.79 Å². The van der Waals surface area contributed by atoms with Crippen molar-refractivity contribution in [2.45, 2.75) is 49.8 Å². The third-order valence-electron chi connectivity index (χ3n) is 7.31. The minimum Gasteiger partial charge on any atom is -0.497 e. The number of hydrogen-bond donors (Lipinski definition) is 0. The molecule has 0 aromatic heterocycles. The van der Waals surface area contributed by atoms with Crippen LogP contribution in [0.4, 0.5) is 0 Å². The van der Waals surface area contributed by atoms with Crippen molar-refractivity contribution in [2.24, 2.45) is 0 Å². The van der Waals surface area contributed by atoms with Gasteiger partial charge in [-0.3, -0.25) is 9.59 Å². The number of amides is 1. The van der Waals surface area contributed by atoms with Gasteiger partial charge in [0.25, 0.3) is 5.91 Å². The third-order valence-corrected chi connectivity index (χ3v) is 7.31. The van der Waals surface area contributed by atoms with Crippen LogP contribution in [0.5, 0.6) is 17.2 Å². The smallest absolute Gasteiger partial charge is 0.322 e. The van der Waals surface area contributed by atoms with Gasteiger partial charge in [-0.25, -0.2) is 0 Å². The molecule has 0 spiro atoms. The molecule has 0 bridgehead atoms. The quantitative estimate of drug-likeness (QED) is 0.474. The molecule has 188 valence electrons. The number of hydrogen-bond acceptors (Lipinski definition) is 8. The van der Waals surface area contributed by atoms with Gasteiger partial charge in [-0.05, 0) is 49.2 Å². The number of ether oxygens (including phenoxy) is 6. The number of methoxy groups -OCH3 is 2. The van der Waals surface area contributed by atoms with Crippen molar-refractivity contribution >= 4 is 11.9 Å². The van der Waals surface area contributed by atoms with E-state index in [9.17, 15) is 9.59 Å². The molecule has 4 atom stereocenters. The molecule has 36 heavy (non-hydrogen) atoms. The molecule has 0 N–H and O–H groups in total. The summed E-state index contributed by atoms with van der Waals surface area (Å²) in [5.74, 6) is 0.0147. The maximum Gasteiger partial charge on any atom is 0.322 e. The van der Waals surface area contributed by atoms with Gasteiger partial charge < -0.3 is 33.3 Å². The molecule has 4 aliphatic rings. The minimum atomic E-state index is -1.34. The van der Waals surface area contributed by atoms with Crippen LogP contribution in [0.15, 0.2) is 48.6 Å². The minimum absolute atomic E-state index is 0.0440. The molecule has 1 saturated heterocycles. The lowest BCUT2D eigenvalue weighted by Gasteiger charge is -2.51. The highest BCUT2D eigenvalue weighted by Gasteiger charge is 2.64. The fraction of sp³-hybridized carbons (Fsp3) is 0.407. The first kappa shape index (κ1) is 22.9. The summed E-state index contributed by atoms with van der Waals surface area (Å²) in [6, 6.07) is 10.1. The van der Waals surface area contributed by atoms with Crippen LogP contribution in [0.2, 0.25) is 0 Å². The van der Waals surface area contributed by atoms with Crippen LogP contribution in [0.1, 0.15) is 35.3 Å². The molecular formula is C27H27NO8. The highest BCUT2D eigenvalue weighted by Crippen LogP contribution is 2.52. The Morgan fingerprint density at radius 2 is 1.81 bits per heavy atom. The van der Waals surface area contributed by atoms with E-state index in [1.165, 1.54) is 7.11 Å². The molecule has 2 aromatic carbocycles. The number of carbonyl (C=O) groups excluding carboxylic acids is 2. The Labute approximate surface area is 208 Å². The second-order valence-corrected chi connectivity index (χ2v) is 9.76. The van der Waals surface area contributed by atoms with Crippen molar-refractivity contribution in [3.05, 3.63) is 65.2 Å². The Bertz CT molecular complexity index is 1270. The molecule has 0 saturated carbocycles. The van der Waals surface area contributed by atoms with Gasteiger partial charge in [0.15, 0.2) is 17.3 Å². The first-order valence-corrected chi connectivity index (χ1v) is 11.8. The van der Waals surface area contributed by atoms with Gasteiger partial charge in [0, 0.05) is 12.1 Å². The Balaban J connectivity index is 1.56. The molecule has 6 rings (SSSR count). The van der Waals surface area contributed by atoms with E-state index in [2.05, 4.69) is 0 Å². The summed E-state index contributed by atoms with van der Waals surface area (Å²) in [6.45, 7) is 3.93. The SMILES string of the molecule is COC(=O)[C@]12C=C[C@H]3OC(C)(C)O[C@H]3[C@@H]1N(Cc1ccc(OC)cc1)C(=O)c1cc3c(cc12)OCO3. The normalized spacial score (nSPS) is 28.8. The fourth-order valence-corrected chi connectivity index (χ4v) is 5.79. The highest BCUT2D eigenvalue weighted by molar-refractivity contribution is 6.04. The van der Waals surface area contributed by atoms with E-state index in [1.807, 2.05) is 44.2 Å². The third kappa shape index (κ3) is 3.23. The predicted octanol–water partition coefficient (Wildman–Crippen LogP) is 2.95. The number of esters is 1. The summed E-state index contributed by atoms with van der Waals surface area (Å²) in [4.78, 5) is 29.6. The van der Waals surface area contributed by atoms with Crippen LogP contribution in [0.3, 0.4) is 0 Å². The van der Waals surface area contributed by atoms with Gasteiger partial charge in [-0.2, -0.15) is 0 Å². The van der Waals surface area contributed by atoms with E-state index in [0.717, 1.165) is 5.56 Å². The van der Waals surface area contributed by atoms with E-state index in [4.69, 9.17) is 28.4 Å². The lowest BCUT2D eigenvalue weighted by molar-refractivity contribution is -0.161. The van der Waals surface area contributed by atoms with Crippen LogP contribution >= 0.6 is 0 Å². The highest BCUT2D eigenvalue weighted by atomic mass is 16.8. The second-order valence-electron chi connectivity index (χ2n) is 9.76. The number of carbonyl (C=O) groups is 2. The first-order valence-electron chi connectivity index (χ1n) is 11.8. The first-order chi connectivity index (χ1) is 17.3. The summed E-state index contributed by atoms with van der Waals surface area (Å²) >= 11 is 0. The van der Waals surface area contributed by atoms with E-state index < -0.39 is 35.4 Å². The lowest BCUT2D eigenvalue weighted by Crippen LogP contribution is -2.67. The monoisotopic (exact) mass is 493 g/mol. The molecule has 2 aromatic rings. The predicted molar refractivity (Wildman–Crippen MR) is 126 cm³/mol. The average molecular weight is 494 g/mol. The summed E-state index contributed by atoms with van der Waals surface area (Å²) in [5.41, 5.74) is 0.394. The summed E-state index contributed by atoms with van der Waals surface area (Å²) < 4.78 is 34.3. The summed E-state index contributed by atoms with van der Waals surface area (Å²) in [6.07, 6.45) is 2.58. The Morgan fingerprint density at radius 3 is 2.50 bits per heavy atom. The van der Waals surface area contributed by atoms with Gasteiger partial charge in [0.05, 0.1) is 20.3 Å². The molecule has 3 aliphatic heterocycles. The van der Waals surface area contributed by atoms with Crippen LogP contribution in [-0.4, -0.2) is 61.8 Å². The van der Waals surface area contributed by atoms with E-state index in [0.29, 0.717) is 28.4 Å². The van der Waals surface area contributed by atoms with Crippen LogP contribution < -0.4 is 14.2 Å². The molecule has 1 amide bonds. The van der Waals surface area contributed by atoms with Crippen LogP contribution in [0, 0.1) is 0 Å². The van der Waals surface area contributed by atoms with Gasteiger partial charge in [-0.1, -0.05) is 24.3 Å². The molecule has 0 radical (unpaired) electrons. The maximum absolute atomic E-state index is 14.1. The van der Waals surface area contributed by atoms with Crippen molar-refractivity contribution in [3.8, 4) is 17.2 Å². The Morgan fingerprint density at radius 1 is 1.08 bits per heavy atom. The van der Waals surface area contributed by atoms with Gasteiger partial charge >= 0.3 is 5.97 Å². The van der Waals surface area contributed by atoms with Crippen LogP contribution in [-0.2, 0) is 31.0 Å². The average Bonchev–Trinajstić information content (AvgIpc) is 3.47. The maximum atomic E-state index is 14.1. The van der Waals surface area contributed by atoms with Gasteiger partial charge in [0.1, 0.15) is 23.4 Å². The van der Waals surface area contributed by atoms with Crippen molar-refractivity contribution in [2.75, 3.05) is 21.0 Å². The molecule has 3 heterocycles. The topological polar surface area (TPSA) is 92.8 Å². The molecule has 0 unspecified atom stereocenters. The Hall–Kier alpha value is -3.56. The molecule has 9 nitrogen and oxygen atoms in total. The van der Waals surface area contributed by atoms with E-state index in [1.54, 1.807) is 30.2 Å². The molecule has 9 heteroatoms. The molecule has 1 aliphatic carbocycles. The fourth-order valence-electron chi connectivity index (χ4n) is 5.79. The molecular weight excluding hydrogens is 466 g/mol. The van der Waals surface area contributed by atoms with Crippen molar-refractivity contribution in [1.82, 2.24) is 4.90 Å². The van der Waals surface area contributed by atoms with Crippen molar-refractivity contribution < 1.29 is 38.0 Å². The lowest BCUT2D eigenvalue weighted by atomic mass is 9.63. The summed E-state index contributed by atoms with van der Waals surface area (Å²) in [5, 5.41) is 0. The number of rotatable bonds is 4. The van der Waals surface area contributed by atoms with E-state index in [-0.39, 0.29) is 19.2 Å². The largest absolute Gasteiger partial charge is 0.497 e. The number of benzene rings is 2.